The van der Waals surface area contributed by atoms with Crippen molar-refractivity contribution in [3.8, 4) is 0 Å². The summed E-state index contributed by atoms with van der Waals surface area (Å²) in [6.07, 6.45) is 11.6. The number of piperidine rings is 1. The van der Waals surface area contributed by atoms with E-state index >= 15 is 0 Å². The summed E-state index contributed by atoms with van der Waals surface area (Å²) in [5, 5.41) is 3.47. The van der Waals surface area contributed by atoms with Gasteiger partial charge in [0.15, 0.2) is 0 Å². The van der Waals surface area contributed by atoms with Crippen LogP contribution in [0.5, 0.6) is 0 Å². The Morgan fingerprint density at radius 3 is 2.14 bits per heavy atom. The zero-order chi connectivity index (χ0) is 19.1. The van der Waals surface area contributed by atoms with Crippen molar-refractivity contribution in [2.45, 2.75) is 70.8 Å². The minimum Gasteiger partial charge on any atom is -0.354 e. The van der Waals surface area contributed by atoms with E-state index in [1.54, 1.807) is 0 Å². The van der Waals surface area contributed by atoms with Crippen molar-refractivity contribution in [1.82, 2.24) is 10.2 Å². The molecule has 1 saturated heterocycles. The Balaban J connectivity index is 1.30. The summed E-state index contributed by atoms with van der Waals surface area (Å²) in [6, 6.07) is 9.29. The van der Waals surface area contributed by atoms with Crippen molar-refractivity contribution in [3.63, 3.8) is 0 Å². The molecule has 28 heavy (non-hydrogen) atoms. The predicted octanol–water partition coefficient (Wildman–Crippen LogP) is 4.85. The molecule has 6 rings (SSSR count). The number of nitrogens with one attached hydrogen (secondary N) is 1. The first-order chi connectivity index (χ1) is 13.6. The molecule has 4 saturated carbocycles. The quantitative estimate of drug-likeness (QED) is 0.791. The van der Waals surface area contributed by atoms with Gasteiger partial charge in [0.05, 0.1) is 6.04 Å². The fraction of sp³-hybridized carbons (Fsp3) is 0.720. The van der Waals surface area contributed by atoms with E-state index in [2.05, 4.69) is 41.4 Å². The Morgan fingerprint density at radius 2 is 1.57 bits per heavy atom. The summed E-state index contributed by atoms with van der Waals surface area (Å²) in [4.78, 5) is 16.0. The Labute approximate surface area is 170 Å². The average molecular weight is 381 g/mol. The predicted molar refractivity (Wildman–Crippen MR) is 113 cm³/mol. The minimum absolute atomic E-state index is 0.0333. The molecule has 3 nitrogen and oxygen atoms in total. The monoisotopic (exact) mass is 380 g/mol. The molecule has 1 aromatic rings. The van der Waals surface area contributed by atoms with E-state index in [4.69, 9.17) is 0 Å². The van der Waals surface area contributed by atoms with Gasteiger partial charge in [-0.25, -0.2) is 0 Å². The maximum absolute atomic E-state index is 13.4. The van der Waals surface area contributed by atoms with Crippen molar-refractivity contribution in [1.29, 1.82) is 0 Å². The lowest BCUT2D eigenvalue weighted by molar-refractivity contribution is -0.146. The fourth-order valence-electron chi connectivity index (χ4n) is 7.24. The van der Waals surface area contributed by atoms with Gasteiger partial charge in [-0.1, -0.05) is 36.2 Å². The Hall–Kier alpha value is -1.35. The number of carbonyl (C=O) groups is 1. The summed E-state index contributed by atoms with van der Waals surface area (Å²) in [6.45, 7) is 5.23. The minimum atomic E-state index is -0.0333. The smallest absolute Gasteiger partial charge is 0.226 e. The third-order valence-electron chi connectivity index (χ3n) is 8.27. The molecule has 3 heteroatoms. The van der Waals surface area contributed by atoms with Gasteiger partial charge in [0.1, 0.15) is 0 Å². The van der Waals surface area contributed by atoms with E-state index in [1.807, 2.05) is 0 Å². The van der Waals surface area contributed by atoms with Crippen molar-refractivity contribution in [3.05, 3.63) is 35.4 Å². The van der Waals surface area contributed by atoms with E-state index in [9.17, 15) is 4.79 Å². The number of amides is 1. The van der Waals surface area contributed by atoms with Crippen LogP contribution in [0.3, 0.4) is 0 Å². The highest BCUT2D eigenvalue weighted by Crippen LogP contribution is 2.60. The van der Waals surface area contributed by atoms with Crippen LogP contribution in [-0.2, 0) is 4.79 Å². The van der Waals surface area contributed by atoms with Crippen LogP contribution in [0.25, 0.3) is 0 Å². The van der Waals surface area contributed by atoms with Crippen molar-refractivity contribution in [2.75, 3.05) is 19.6 Å². The molecular formula is C25H36N2O. The molecule has 5 aliphatic rings. The molecule has 4 aliphatic carbocycles. The van der Waals surface area contributed by atoms with Gasteiger partial charge in [-0.05, 0) is 94.7 Å². The topological polar surface area (TPSA) is 32.3 Å². The fourth-order valence-corrected chi connectivity index (χ4v) is 7.24. The summed E-state index contributed by atoms with van der Waals surface area (Å²) >= 11 is 0. The van der Waals surface area contributed by atoms with Crippen LogP contribution in [0.4, 0.5) is 0 Å². The molecule has 4 bridgehead atoms. The number of hydrogen-bond acceptors (Lipinski definition) is 2. The molecule has 1 amide bonds. The first kappa shape index (κ1) is 18.7. The number of hydrogen-bond donors (Lipinski definition) is 1. The second-order valence-corrected chi connectivity index (χ2v) is 10.4. The molecule has 0 aromatic heterocycles. The number of benzene rings is 1. The first-order valence-corrected chi connectivity index (χ1v) is 11.7. The Bertz CT molecular complexity index is 668. The number of carbonyl (C=O) groups excluding carboxylic acids is 1. The van der Waals surface area contributed by atoms with Crippen LogP contribution >= 0.6 is 0 Å². The third kappa shape index (κ3) is 3.51. The standard InChI is InChI=1S/C25H36N2O/c1-18-5-7-22(8-6-18)23(27-9-3-2-4-10-27)17-26-24(28)25-14-19-11-20(15-25)13-21(12-19)16-25/h5-8,19-21,23H,2-4,9-17H2,1H3,(H,26,28). The van der Waals surface area contributed by atoms with Gasteiger partial charge in [0.2, 0.25) is 5.91 Å². The molecule has 1 N–H and O–H groups in total. The van der Waals surface area contributed by atoms with Crippen molar-refractivity contribution >= 4 is 5.91 Å². The molecule has 5 fully saturated rings. The van der Waals surface area contributed by atoms with Crippen molar-refractivity contribution < 1.29 is 4.79 Å². The molecule has 1 aromatic carbocycles. The molecule has 1 atom stereocenters. The van der Waals surface area contributed by atoms with Gasteiger partial charge >= 0.3 is 0 Å². The lowest BCUT2D eigenvalue weighted by Crippen LogP contribution is -2.54. The van der Waals surface area contributed by atoms with E-state index in [0.717, 1.165) is 56.7 Å². The molecule has 1 unspecified atom stereocenters. The number of aryl methyl sites for hydroxylation is 1. The normalized spacial score (nSPS) is 35.7. The van der Waals surface area contributed by atoms with Crippen LogP contribution in [0.2, 0.25) is 0 Å². The van der Waals surface area contributed by atoms with Gasteiger partial charge in [-0.15, -0.1) is 0 Å². The van der Waals surface area contributed by atoms with Crippen LogP contribution in [0.15, 0.2) is 24.3 Å². The van der Waals surface area contributed by atoms with Gasteiger partial charge in [0.25, 0.3) is 0 Å². The maximum Gasteiger partial charge on any atom is 0.226 e. The van der Waals surface area contributed by atoms with Gasteiger partial charge in [0, 0.05) is 12.0 Å². The van der Waals surface area contributed by atoms with E-state index < -0.39 is 0 Å². The summed E-state index contributed by atoms with van der Waals surface area (Å²) < 4.78 is 0. The number of rotatable bonds is 5. The second-order valence-electron chi connectivity index (χ2n) is 10.4. The summed E-state index contributed by atoms with van der Waals surface area (Å²) in [5.74, 6) is 2.85. The van der Waals surface area contributed by atoms with Gasteiger partial charge in [-0.3, -0.25) is 9.69 Å². The lowest BCUT2D eigenvalue weighted by atomic mass is 9.49. The SMILES string of the molecule is Cc1ccc(C(CNC(=O)C23CC4CC(CC(C4)C2)C3)N2CCCCC2)cc1. The molecule has 0 spiro atoms. The van der Waals surface area contributed by atoms with Crippen LogP contribution in [0, 0.1) is 30.1 Å². The molecule has 1 aliphatic heterocycles. The highest BCUT2D eigenvalue weighted by molar-refractivity contribution is 5.83. The van der Waals surface area contributed by atoms with Gasteiger partial charge in [-0.2, -0.15) is 0 Å². The second kappa shape index (κ2) is 7.48. The zero-order valence-electron chi connectivity index (χ0n) is 17.5. The van der Waals surface area contributed by atoms with E-state index in [-0.39, 0.29) is 5.41 Å². The maximum atomic E-state index is 13.4. The zero-order valence-corrected chi connectivity index (χ0v) is 17.5. The lowest BCUT2D eigenvalue weighted by Gasteiger charge is -2.55. The van der Waals surface area contributed by atoms with Gasteiger partial charge < -0.3 is 5.32 Å². The van der Waals surface area contributed by atoms with Crippen LogP contribution in [-0.4, -0.2) is 30.4 Å². The molecular weight excluding hydrogens is 344 g/mol. The van der Waals surface area contributed by atoms with Crippen LogP contribution in [0.1, 0.15) is 75.0 Å². The van der Waals surface area contributed by atoms with E-state index in [0.29, 0.717) is 11.9 Å². The highest BCUT2D eigenvalue weighted by atomic mass is 16.2. The average Bonchev–Trinajstić information content (AvgIpc) is 2.69. The third-order valence-corrected chi connectivity index (χ3v) is 8.27. The molecule has 1 heterocycles. The largest absolute Gasteiger partial charge is 0.354 e. The Morgan fingerprint density at radius 1 is 1.00 bits per heavy atom. The number of likely N-dealkylation sites (tertiary alicyclic amines) is 1. The summed E-state index contributed by atoms with van der Waals surface area (Å²) in [5.41, 5.74) is 2.63. The van der Waals surface area contributed by atoms with Crippen molar-refractivity contribution in [2.24, 2.45) is 23.2 Å². The van der Waals surface area contributed by atoms with E-state index in [1.165, 1.54) is 49.7 Å². The van der Waals surface area contributed by atoms with Crippen LogP contribution < -0.4 is 5.32 Å². The molecule has 0 radical (unpaired) electrons. The molecule has 152 valence electrons. The number of nitrogens with zero attached hydrogens (tertiary/aromatic N) is 1. The highest BCUT2D eigenvalue weighted by Gasteiger charge is 2.54. The Kier molecular flexibility index (Phi) is 4.99. The summed E-state index contributed by atoms with van der Waals surface area (Å²) in [7, 11) is 0. The first-order valence-electron chi connectivity index (χ1n) is 11.7.